The highest BCUT2D eigenvalue weighted by Gasteiger charge is 2.16. The molecule has 1 N–H and O–H groups in total. The van der Waals surface area contributed by atoms with Gasteiger partial charge in [0.1, 0.15) is 6.10 Å². The first-order valence-electron chi connectivity index (χ1n) is 6.12. The lowest BCUT2D eigenvalue weighted by molar-refractivity contribution is 0.221. The molecule has 1 aromatic heterocycles. The van der Waals surface area contributed by atoms with E-state index in [2.05, 4.69) is 43.5 Å². The first kappa shape index (κ1) is 14.0. The second kappa shape index (κ2) is 5.79. The molecule has 0 aliphatic heterocycles. The molecule has 1 atom stereocenters. The first-order valence-corrected chi connectivity index (χ1v) is 7.99. The summed E-state index contributed by atoms with van der Waals surface area (Å²) in [6, 6.07) is 13.8. The number of aromatic nitrogens is 1. The van der Waals surface area contributed by atoms with Gasteiger partial charge in [0.15, 0.2) is 0 Å². The Balaban J connectivity index is 2.17. The molecule has 4 heteroatoms. The minimum atomic E-state index is -0.660. The number of hydrogen-bond acceptors (Lipinski definition) is 2. The van der Waals surface area contributed by atoms with Crippen LogP contribution >= 0.6 is 38.5 Å². The predicted molar refractivity (Wildman–Crippen MR) is 92.7 cm³/mol. The van der Waals surface area contributed by atoms with Gasteiger partial charge in [0.25, 0.3) is 0 Å². The number of aliphatic hydroxyl groups is 1. The van der Waals surface area contributed by atoms with Gasteiger partial charge in [0.2, 0.25) is 0 Å². The van der Waals surface area contributed by atoms with Crippen molar-refractivity contribution in [1.82, 2.24) is 4.98 Å². The molecule has 0 aliphatic carbocycles. The minimum Gasteiger partial charge on any atom is -0.384 e. The summed E-state index contributed by atoms with van der Waals surface area (Å²) in [4.78, 5) is 4.17. The molecule has 0 spiro atoms. The SMILES string of the molecule is OC(c1cc(Br)ccc1I)c1cccc2ccncc12. The fourth-order valence-electron chi connectivity index (χ4n) is 2.27. The molecule has 2 aromatic carbocycles. The van der Waals surface area contributed by atoms with E-state index in [4.69, 9.17) is 0 Å². The van der Waals surface area contributed by atoms with Crippen LogP contribution in [0.5, 0.6) is 0 Å². The van der Waals surface area contributed by atoms with Crippen molar-refractivity contribution in [2.45, 2.75) is 6.10 Å². The predicted octanol–water partition coefficient (Wildman–Crippen LogP) is 4.68. The number of fused-ring (bicyclic) bond motifs is 1. The fourth-order valence-corrected chi connectivity index (χ4v) is 3.28. The Bertz CT molecular complexity index is 770. The number of hydrogen-bond donors (Lipinski definition) is 1. The molecule has 0 aliphatic rings. The fraction of sp³-hybridized carbons (Fsp3) is 0.0625. The second-order valence-corrected chi connectivity index (χ2v) is 6.59. The van der Waals surface area contributed by atoms with Crippen molar-refractivity contribution in [2.24, 2.45) is 0 Å². The Morgan fingerprint density at radius 3 is 2.80 bits per heavy atom. The molecule has 0 fully saturated rings. The van der Waals surface area contributed by atoms with Crippen LogP contribution in [-0.4, -0.2) is 10.1 Å². The van der Waals surface area contributed by atoms with E-state index in [1.165, 1.54) is 0 Å². The zero-order valence-electron chi connectivity index (χ0n) is 10.4. The van der Waals surface area contributed by atoms with Gasteiger partial charge in [-0.15, -0.1) is 0 Å². The molecule has 0 saturated carbocycles. The summed E-state index contributed by atoms with van der Waals surface area (Å²) >= 11 is 5.71. The van der Waals surface area contributed by atoms with Gasteiger partial charge >= 0.3 is 0 Å². The quantitative estimate of drug-likeness (QED) is 0.588. The Morgan fingerprint density at radius 2 is 1.95 bits per heavy atom. The molecule has 3 aromatic rings. The lowest BCUT2D eigenvalue weighted by Gasteiger charge is -2.16. The third-order valence-electron chi connectivity index (χ3n) is 3.26. The van der Waals surface area contributed by atoms with Gasteiger partial charge in [-0.25, -0.2) is 0 Å². The Hall–Kier alpha value is -0.980. The largest absolute Gasteiger partial charge is 0.384 e. The zero-order chi connectivity index (χ0) is 14.1. The summed E-state index contributed by atoms with van der Waals surface area (Å²) in [5, 5.41) is 12.8. The van der Waals surface area contributed by atoms with Gasteiger partial charge in [0, 0.05) is 25.8 Å². The van der Waals surface area contributed by atoms with Gasteiger partial charge < -0.3 is 5.11 Å². The van der Waals surface area contributed by atoms with Crippen molar-refractivity contribution in [1.29, 1.82) is 0 Å². The molecule has 3 rings (SSSR count). The van der Waals surface area contributed by atoms with Crippen molar-refractivity contribution in [3.8, 4) is 0 Å². The third-order valence-corrected chi connectivity index (χ3v) is 4.74. The van der Waals surface area contributed by atoms with Crippen LogP contribution in [0.4, 0.5) is 0 Å². The van der Waals surface area contributed by atoms with Crippen LogP contribution in [0.15, 0.2) is 59.3 Å². The Morgan fingerprint density at radius 1 is 1.10 bits per heavy atom. The summed E-state index contributed by atoms with van der Waals surface area (Å²) in [5.74, 6) is 0. The highest BCUT2D eigenvalue weighted by molar-refractivity contribution is 14.1. The smallest absolute Gasteiger partial charge is 0.106 e. The van der Waals surface area contributed by atoms with E-state index in [1.807, 2.05) is 42.5 Å². The standard InChI is InChI=1S/C16H11BrINO/c17-11-4-5-15(18)13(8-11)16(20)12-3-1-2-10-6-7-19-9-14(10)12/h1-9,16,20H. The average Bonchev–Trinajstić information content (AvgIpc) is 2.48. The zero-order valence-corrected chi connectivity index (χ0v) is 14.2. The normalized spacial score (nSPS) is 12.6. The molecular formula is C16H11BrINO. The first-order chi connectivity index (χ1) is 9.66. The number of pyridine rings is 1. The lowest BCUT2D eigenvalue weighted by Crippen LogP contribution is -2.03. The van der Waals surface area contributed by atoms with Crippen LogP contribution in [0, 0.1) is 3.57 Å². The van der Waals surface area contributed by atoms with E-state index in [1.54, 1.807) is 12.4 Å². The summed E-state index contributed by atoms with van der Waals surface area (Å²) in [7, 11) is 0. The van der Waals surface area contributed by atoms with Crippen LogP contribution in [0.25, 0.3) is 10.8 Å². The maximum absolute atomic E-state index is 10.7. The van der Waals surface area contributed by atoms with Crippen molar-refractivity contribution < 1.29 is 5.11 Å². The molecular weight excluding hydrogens is 429 g/mol. The van der Waals surface area contributed by atoms with Crippen LogP contribution in [0.3, 0.4) is 0 Å². The maximum atomic E-state index is 10.7. The van der Waals surface area contributed by atoms with Crippen LogP contribution < -0.4 is 0 Å². The summed E-state index contributed by atoms with van der Waals surface area (Å²) in [5.41, 5.74) is 1.78. The van der Waals surface area contributed by atoms with E-state index < -0.39 is 6.10 Å². The highest BCUT2D eigenvalue weighted by atomic mass is 127. The minimum absolute atomic E-state index is 0.660. The number of aliphatic hydroxyl groups excluding tert-OH is 1. The summed E-state index contributed by atoms with van der Waals surface area (Å²) in [6.45, 7) is 0. The van der Waals surface area contributed by atoms with Crippen LogP contribution in [-0.2, 0) is 0 Å². The molecule has 2 nitrogen and oxygen atoms in total. The van der Waals surface area contributed by atoms with Crippen molar-refractivity contribution in [2.75, 3.05) is 0 Å². The second-order valence-electron chi connectivity index (χ2n) is 4.51. The van der Waals surface area contributed by atoms with Crippen molar-refractivity contribution >= 4 is 49.3 Å². The molecule has 20 heavy (non-hydrogen) atoms. The number of nitrogens with zero attached hydrogens (tertiary/aromatic N) is 1. The number of benzene rings is 2. The molecule has 0 radical (unpaired) electrons. The highest BCUT2D eigenvalue weighted by Crippen LogP contribution is 2.32. The van der Waals surface area contributed by atoms with E-state index in [9.17, 15) is 5.11 Å². The van der Waals surface area contributed by atoms with E-state index in [0.717, 1.165) is 29.9 Å². The molecule has 0 bridgehead atoms. The summed E-state index contributed by atoms with van der Waals surface area (Å²) < 4.78 is 2.00. The molecule has 1 unspecified atom stereocenters. The Labute approximate surface area is 139 Å². The summed E-state index contributed by atoms with van der Waals surface area (Å²) in [6.07, 6.45) is 2.91. The van der Waals surface area contributed by atoms with Gasteiger partial charge in [-0.05, 0) is 63.4 Å². The topological polar surface area (TPSA) is 33.1 Å². The van der Waals surface area contributed by atoms with Gasteiger partial charge in [-0.3, -0.25) is 4.98 Å². The van der Waals surface area contributed by atoms with E-state index in [0.29, 0.717) is 0 Å². The third kappa shape index (κ3) is 2.60. The van der Waals surface area contributed by atoms with Gasteiger partial charge in [0.05, 0.1) is 0 Å². The Kier molecular flexibility index (Phi) is 4.05. The number of halogens is 2. The van der Waals surface area contributed by atoms with E-state index >= 15 is 0 Å². The molecule has 1 heterocycles. The van der Waals surface area contributed by atoms with Crippen LogP contribution in [0.1, 0.15) is 17.2 Å². The van der Waals surface area contributed by atoms with Gasteiger partial charge in [-0.2, -0.15) is 0 Å². The van der Waals surface area contributed by atoms with Crippen LogP contribution in [0.2, 0.25) is 0 Å². The monoisotopic (exact) mass is 439 g/mol. The maximum Gasteiger partial charge on any atom is 0.106 e. The van der Waals surface area contributed by atoms with E-state index in [-0.39, 0.29) is 0 Å². The molecule has 0 saturated heterocycles. The average molecular weight is 440 g/mol. The number of rotatable bonds is 2. The molecule has 100 valence electrons. The molecule has 0 amide bonds. The van der Waals surface area contributed by atoms with Crippen molar-refractivity contribution in [3.05, 3.63) is 74.0 Å². The lowest BCUT2D eigenvalue weighted by atomic mass is 9.97. The van der Waals surface area contributed by atoms with Gasteiger partial charge in [-0.1, -0.05) is 34.1 Å². The van der Waals surface area contributed by atoms with Crippen molar-refractivity contribution in [3.63, 3.8) is 0 Å².